The number of rotatable bonds is 3. The summed E-state index contributed by atoms with van der Waals surface area (Å²) in [4.78, 5) is 11.3. The van der Waals surface area contributed by atoms with E-state index in [-0.39, 0.29) is 18.9 Å². The van der Waals surface area contributed by atoms with Crippen LogP contribution in [0.3, 0.4) is 0 Å². The number of nitrogens with zero attached hydrogens (tertiary/aromatic N) is 1. The van der Waals surface area contributed by atoms with Crippen molar-refractivity contribution in [2.75, 3.05) is 18.9 Å². The number of nitrogens with two attached hydrogens (primary N) is 1. The highest BCUT2D eigenvalue weighted by Gasteiger charge is 2.10. The largest absolute Gasteiger partial charge is 0.394 e. The third-order valence-corrected chi connectivity index (χ3v) is 1.82. The quantitative estimate of drug-likeness (QED) is 0.559. The molecule has 0 saturated carbocycles. The molecule has 1 aromatic heterocycles. The van der Waals surface area contributed by atoms with Gasteiger partial charge >= 0.3 is 0 Å². The minimum absolute atomic E-state index is 0.106. The number of hydrogen-bond donors (Lipinski definition) is 3. The van der Waals surface area contributed by atoms with E-state index in [9.17, 15) is 4.79 Å². The van der Waals surface area contributed by atoms with E-state index in [2.05, 4.69) is 0 Å². The molecule has 0 bridgehead atoms. The summed E-state index contributed by atoms with van der Waals surface area (Å²) in [7, 11) is 0. The standard InChI is InChI=1S/C8H12N2O3/c9-7-2-1-3-10(8(7)13)6(4-11)5-12/h1-3,6,11-12H,4-5,9H2. The van der Waals surface area contributed by atoms with Crippen LogP contribution in [0.5, 0.6) is 0 Å². The van der Waals surface area contributed by atoms with E-state index in [0.717, 1.165) is 0 Å². The van der Waals surface area contributed by atoms with Crippen molar-refractivity contribution in [3.05, 3.63) is 28.7 Å². The molecule has 1 heterocycles. The van der Waals surface area contributed by atoms with Gasteiger partial charge < -0.3 is 20.5 Å². The molecule has 1 rings (SSSR count). The summed E-state index contributed by atoms with van der Waals surface area (Å²) in [5.74, 6) is 0. The van der Waals surface area contributed by atoms with Crippen LogP contribution in [0.2, 0.25) is 0 Å². The van der Waals surface area contributed by atoms with E-state index in [4.69, 9.17) is 15.9 Å². The zero-order valence-electron chi connectivity index (χ0n) is 7.05. The maximum atomic E-state index is 11.3. The Kier molecular flexibility index (Phi) is 3.05. The molecule has 0 amide bonds. The van der Waals surface area contributed by atoms with E-state index in [1.807, 2.05) is 0 Å². The third kappa shape index (κ3) is 1.88. The first-order valence-electron chi connectivity index (χ1n) is 3.89. The predicted molar refractivity (Wildman–Crippen MR) is 48.3 cm³/mol. The number of hydrogen-bond acceptors (Lipinski definition) is 4. The molecule has 72 valence electrons. The minimum Gasteiger partial charge on any atom is -0.394 e. The number of anilines is 1. The first-order valence-corrected chi connectivity index (χ1v) is 3.89. The maximum Gasteiger partial charge on any atom is 0.274 e. The third-order valence-electron chi connectivity index (χ3n) is 1.82. The molecule has 1 aromatic rings. The van der Waals surface area contributed by atoms with Gasteiger partial charge in [-0.2, -0.15) is 0 Å². The Balaban J connectivity index is 3.14. The first-order chi connectivity index (χ1) is 6.20. The maximum absolute atomic E-state index is 11.3. The lowest BCUT2D eigenvalue weighted by molar-refractivity contribution is 0.152. The molecule has 0 fully saturated rings. The van der Waals surface area contributed by atoms with Crippen LogP contribution in [0.25, 0.3) is 0 Å². The molecule has 5 heteroatoms. The van der Waals surface area contributed by atoms with Crippen molar-refractivity contribution in [1.82, 2.24) is 4.57 Å². The van der Waals surface area contributed by atoms with Crippen molar-refractivity contribution in [2.24, 2.45) is 0 Å². The molecule has 13 heavy (non-hydrogen) atoms. The second-order valence-corrected chi connectivity index (χ2v) is 2.69. The summed E-state index contributed by atoms with van der Waals surface area (Å²) in [6.45, 7) is -0.584. The average Bonchev–Trinajstić information content (AvgIpc) is 2.14. The lowest BCUT2D eigenvalue weighted by Gasteiger charge is -2.14. The lowest BCUT2D eigenvalue weighted by atomic mass is 10.3. The van der Waals surface area contributed by atoms with E-state index in [0.29, 0.717) is 0 Å². The number of aliphatic hydroxyl groups excluding tert-OH is 2. The highest BCUT2D eigenvalue weighted by Crippen LogP contribution is 2.02. The van der Waals surface area contributed by atoms with Crippen LogP contribution in [0.15, 0.2) is 23.1 Å². The van der Waals surface area contributed by atoms with Crippen molar-refractivity contribution in [3.8, 4) is 0 Å². The average molecular weight is 184 g/mol. The molecule has 4 N–H and O–H groups in total. The zero-order valence-corrected chi connectivity index (χ0v) is 7.05. The lowest BCUT2D eigenvalue weighted by Crippen LogP contribution is -2.29. The van der Waals surface area contributed by atoms with Crippen molar-refractivity contribution in [2.45, 2.75) is 6.04 Å². The summed E-state index contributed by atoms with van der Waals surface area (Å²) in [5, 5.41) is 17.7. The Morgan fingerprint density at radius 1 is 1.46 bits per heavy atom. The van der Waals surface area contributed by atoms with Gasteiger partial charge in [0, 0.05) is 6.20 Å². The molecule has 0 radical (unpaired) electrons. The molecule has 0 spiro atoms. The molecule has 0 atom stereocenters. The van der Waals surface area contributed by atoms with Gasteiger partial charge in [-0.05, 0) is 12.1 Å². The van der Waals surface area contributed by atoms with Gasteiger partial charge in [0.2, 0.25) is 0 Å². The van der Waals surface area contributed by atoms with Crippen LogP contribution in [-0.4, -0.2) is 28.0 Å². The number of nitrogen functional groups attached to an aromatic ring is 1. The second-order valence-electron chi connectivity index (χ2n) is 2.69. The summed E-state index contributed by atoms with van der Waals surface area (Å²) < 4.78 is 1.22. The van der Waals surface area contributed by atoms with Gasteiger partial charge in [-0.25, -0.2) is 0 Å². The van der Waals surface area contributed by atoms with E-state index < -0.39 is 11.6 Å². The summed E-state index contributed by atoms with van der Waals surface area (Å²) >= 11 is 0. The second kappa shape index (κ2) is 4.06. The van der Waals surface area contributed by atoms with Gasteiger partial charge in [0.05, 0.1) is 24.9 Å². The molecule has 0 aliphatic carbocycles. The van der Waals surface area contributed by atoms with Gasteiger partial charge in [0.15, 0.2) is 0 Å². The fourth-order valence-corrected chi connectivity index (χ4v) is 1.05. The smallest absolute Gasteiger partial charge is 0.274 e. The Labute approximate surface area is 75.0 Å². The highest BCUT2D eigenvalue weighted by molar-refractivity contribution is 5.33. The minimum atomic E-state index is -0.615. The van der Waals surface area contributed by atoms with Gasteiger partial charge in [0.1, 0.15) is 0 Å². The van der Waals surface area contributed by atoms with Crippen LogP contribution in [-0.2, 0) is 0 Å². The molecule has 0 aliphatic heterocycles. The van der Waals surface area contributed by atoms with E-state index in [1.165, 1.54) is 16.8 Å². The van der Waals surface area contributed by atoms with Crippen molar-refractivity contribution in [1.29, 1.82) is 0 Å². The molecule has 0 unspecified atom stereocenters. The Bertz CT molecular complexity index is 330. The van der Waals surface area contributed by atoms with Gasteiger partial charge in [-0.15, -0.1) is 0 Å². The number of aromatic nitrogens is 1. The Morgan fingerprint density at radius 2 is 2.08 bits per heavy atom. The topological polar surface area (TPSA) is 88.5 Å². The predicted octanol–water partition coefficient (Wildman–Crippen LogP) is -1.04. The molecule has 0 saturated heterocycles. The van der Waals surface area contributed by atoms with Crippen LogP contribution in [0.1, 0.15) is 6.04 Å². The van der Waals surface area contributed by atoms with Gasteiger partial charge in [-0.3, -0.25) is 4.79 Å². The molecule has 0 aromatic carbocycles. The molecule has 5 nitrogen and oxygen atoms in total. The fourth-order valence-electron chi connectivity index (χ4n) is 1.05. The summed E-state index contributed by atoms with van der Waals surface area (Å²) in [6.07, 6.45) is 1.48. The molecular weight excluding hydrogens is 172 g/mol. The number of pyridine rings is 1. The number of aliphatic hydroxyl groups is 2. The molecular formula is C8H12N2O3. The first kappa shape index (κ1) is 9.76. The monoisotopic (exact) mass is 184 g/mol. The van der Waals surface area contributed by atoms with E-state index in [1.54, 1.807) is 6.07 Å². The van der Waals surface area contributed by atoms with Crippen molar-refractivity contribution in [3.63, 3.8) is 0 Å². The Morgan fingerprint density at radius 3 is 2.62 bits per heavy atom. The zero-order chi connectivity index (χ0) is 9.84. The molecule has 0 aliphatic rings. The van der Waals surface area contributed by atoms with Crippen molar-refractivity contribution < 1.29 is 10.2 Å². The van der Waals surface area contributed by atoms with Gasteiger partial charge in [0.25, 0.3) is 5.56 Å². The summed E-state index contributed by atoms with van der Waals surface area (Å²) in [6, 6.07) is 2.45. The van der Waals surface area contributed by atoms with Crippen LogP contribution in [0, 0.1) is 0 Å². The van der Waals surface area contributed by atoms with Crippen LogP contribution in [0.4, 0.5) is 5.69 Å². The highest BCUT2D eigenvalue weighted by atomic mass is 16.3. The SMILES string of the molecule is Nc1cccn(C(CO)CO)c1=O. The normalized spacial score (nSPS) is 10.7. The Hall–Kier alpha value is -1.33. The van der Waals surface area contributed by atoms with Crippen molar-refractivity contribution >= 4 is 5.69 Å². The fraction of sp³-hybridized carbons (Fsp3) is 0.375. The van der Waals surface area contributed by atoms with Gasteiger partial charge in [-0.1, -0.05) is 0 Å². The van der Waals surface area contributed by atoms with E-state index >= 15 is 0 Å². The van der Waals surface area contributed by atoms with Crippen LogP contribution < -0.4 is 11.3 Å². The summed E-state index contributed by atoms with van der Waals surface area (Å²) in [5.41, 5.74) is 5.08. The van der Waals surface area contributed by atoms with Crippen LogP contribution >= 0.6 is 0 Å².